The molecule has 16 heteroatoms. The third-order valence-corrected chi connectivity index (χ3v) is 14.3. The van der Waals surface area contributed by atoms with Crippen LogP contribution in [0.4, 0.5) is 11.4 Å². The van der Waals surface area contributed by atoms with Gasteiger partial charge >= 0.3 is 23.9 Å². The van der Waals surface area contributed by atoms with Crippen molar-refractivity contribution >= 4 is 73.5 Å². The third-order valence-electron chi connectivity index (χ3n) is 9.52. The van der Waals surface area contributed by atoms with Gasteiger partial charge in [-0.2, -0.15) is 0 Å². The van der Waals surface area contributed by atoms with Gasteiger partial charge in [0.25, 0.3) is 0 Å². The number of carboxylic acids is 4. The van der Waals surface area contributed by atoms with Crippen LogP contribution in [-0.4, -0.2) is 93.3 Å². The van der Waals surface area contributed by atoms with Crippen molar-refractivity contribution < 1.29 is 49.2 Å². The van der Waals surface area contributed by atoms with E-state index in [9.17, 15) is 39.0 Å². The molecule has 6 N–H and O–H groups in total. The first kappa shape index (κ1) is 43.3. The highest BCUT2D eigenvalue weighted by Crippen LogP contribution is 2.47. The van der Waals surface area contributed by atoms with Gasteiger partial charge in [-0.3, -0.25) is 19.2 Å². The lowest BCUT2D eigenvalue weighted by molar-refractivity contribution is -0.147. The summed E-state index contributed by atoms with van der Waals surface area (Å²) in [6, 6.07) is 34.0. The molecule has 0 aliphatic carbocycles. The molecule has 14 nitrogen and oxygen atoms in total. The summed E-state index contributed by atoms with van der Waals surface area (Å²) in [6.45, 7) is 0. The lowest BCUT2D eigenvalue weighted by Gasteiger charge is -2.41. The maximum atomic E-state index is 12.5. The molecular weight excluding hydrogens is 782 g/mol. The summed E-state index contributed by atoms with van der Waals surface area (Å²) in [6.07, 6.45) is 2.49. The van der Waals surface area contributed by atoms with Crippen LogP contribution in [-0.2, 0) is 41.6 Å². The molecule has 1 fully saturated rings. The van der Waals surface area contributed by atoms with E-state index in [0.717, 1.165) is 47.6 Å². The zero-order valence-corrected chi connectivity index (χ0v) is 33.4. The Balaban J connectivity index is 1.32. The molecule has 1 aliphatic rings. The third kappa shape index (κ3) is 13.1. The van der Waals surface area contributed by atoms with E-state index >= 15 is 0 Å². The number of rotatable bonds is 18. The molecule has 4 aromatic carbocycles. The summed E-state index contributed by atoms with van der Waals surface area (Å²) in [7, 11) is -1.47. The molecule has 1 aliphatic heterocycles. The molecule has 0 aromatic heterocycles. The van der Waals surface area contributed by atoms with E-state index in [1.54, 1.807) is 0 Å². The maximum absolute atomic E-state index is 12.5. The Morgan fingerprint density at radius 1 is 0.500 bits per heavy atom. The smallest absolute Gasteiger partial charge is 0.326 e. The normalized spacial score (nSPS) is 16.6. The van der Waals surface area contributed by atoms with Crippen molar-refractivity contribution in [3.05, 3.63) is 120 Å². The number of aryl methyl sites for hydroxylation is 2. The van der Waals surface area contributed by atoms with E-state index in [2.05, 4.69) is 93.2 Å². The number of carbonyl (C=O) groups is 6. The Morgan fingerprint density at radius 3 is 1.12 bits per heavy atom. The first-order valence-electron chi connectivity index (χ1n) is 18.6. The number of nitrogens with one attached hydrogen (secondary N) is 2. The largest absolute Gasteiger partial charge is 0.481 e. The van der Waals surface area contributed by atoms with Crippen LogP contribution in [0, 0.1) is 0 Å². The summed E-state index contributed by atoms with van der Waals surface area (Å²) in [5, 5.41) is 43.6. The highest BCUT2D eigenvalue weighted by atomic mass is 31.1. The van der Waals surface area contributed by atoms with Crippen LogP contribution in [0.25, 0.3) is 0 Å². The first-order chi connectivity index (χ1) is 27.8. The molecule has 0 radical (unpaired) electrons. The minimum atomic E-state index is -1.49. The quantitative estimate of drug-likeness (QED) is 0.0770. The molecule has 1 saturated heterocycles. The number of hydrogen-bond acceptors (Lipinski definition) is 8. The summed E-state index contributed by atoms with van der Waals surface area (Å²) < 4.78 is 0. The number of carboxylic acid groups (broad SMARTS) is 4. The van der Waals surface area contributed by atoms with E-state index in [-0.39, 0.29) is 12.8 Å². The molecule has 0 bridgehead atoms. The zero-order chi connectivity index (χ0) is 41.6. The van der Waals surface area contributed by atoms with Crippen LogP contribution in [0.2, 0.25) is 0 Å². The van der Waals surface area contributed by atoms with E-state index in [1.165, 1.54) is 10.6 Å². The van der Waals surface area contributed by atoms with Gasteiger partial charge in [-0.1, -0.05) is 84.9 Å². The summed E-state index contributed by atoms with van der Waals surface area (Å²) in [5.74, 6) is -6.48. The Kier molecular flexibility index (Phi) is 15.7. The molecule has 2 atom stereocenters. The molecule has 304 valence electrons. The van der Waals surface area contributed by atoms with Gasteiger partial charge in [0.1, 0.15) is 12.1 Å². The number of aliphatic carboxylic acids is 4. The Labute approximate surface area is 338 Å². The topological polar surface area (TPSA) is 214 Å². The van der Waals surface area contributed by atoms with Gasteiger partial charge < -0.3 is 40.9 Å². The van der Waals surface area contributed by atoms with Crippen LogP contribution in [0.3, 0.4) is 0 Å². The van der Waals surface area contributed by atoms with Gasteiger partial charge in [0.05, 0.1) is 12.8 Å². The van der Waals surface area contributed by atoms with Crippen molar-refractivity contribution in [3.8, 4) is 0 Å². The van der Waals surface area contributed by atoms with Crippen molar-refractivity contribution in [1.82, 2.24) is 10.6 Å². The molecule has 4 aromatic rings. The lowest BCUT2D eigenvalue weighted by atomic mass is 10.1. The van der Waals surface area contributed by atoms with E-state index in [0.29, 0.717) is 12.8 Å². The number of hydrogen-bond donors (Lipinski definition) is 6. The molecule has 0 saturated carbocycles. The maximum Gasteiger partial charge on any atom is 0.326 e. The standard InChI is InChI=1S/C42H46N4O10P2/c47-37(43-35(41(53)54)23-39(49)50)21-15-29-11-17-31(18-12-29)45-25-57(33-7-3-1-4-8-33)26-46(28-58(27-45)34-9-5-2-6-10-34)32-19-13-30(14-20-32)16-22-38(48)44-36(42(55)56)24-40(51)52/h1-14,17-20,35-36H,15-16,21-28H2,(H,43,47)(H,44,48)(H,49,50)(H,51,52)(H,53,54)(H,55,56)/t35-,36-,57?,58?/m0/s1. The second-order valence-electron chi connectivity index (χ2n) is 13.8. The Bertz CT molecular complexity index is 1880. The van der Waals surface area contributed by atoms with Crippen LogP contribution in [0.5, 0.6) is 0 Å². The van der Waals surface area contributed by atoms with Crippen molar-refractivity contribution in [3.63, 3.8) is 0 Å². The summed E-state index contributed by atoms with van der Waals surface area (Å²) >= 11 is 0. The highest BCUT2D eigenvalue weighted by molar-refractivity contribution is 7.67. The first-order valence-corrected chi connectivity index (χ1v) is 22.0. The lowest BCUT2D eigenvalue weighted by Crippen LogP contribution is -2.42. The van der Waals surface area contributed by atoms with Gasteiger partial charge in [-0.05, 0) is 74.7 Å². The predicted octanol–water partition coefficient (Wildman–Crippen LogP) is 4.41. The van der Waals surface area contributed by atoms with Gasteiger partial charge in [-0.15, -0.1) is 0 Å². The van der Waals surface area contributed by atoms with Crippen molar-refractivity contribution in [2.75, 3.05) is 34.9 Å². The molecular formula is C42H46N4O10P2. The molecule has 5 rings (SSSR count). The molecule has 0 unspecified atom stereocenters. The SMILES string of the molecule is O=C(O)C[C@H](NC(=O)CCc1ccc(N2CP(c3ccccc3)CN(c3ccc(CCC(=O)N[C@@H](CC(=O)O)C(=O)O)cc3)CP(c3ccccc3)C2)cc1)C(=O)O. The Hall–Kier alpha value is -5.84. The second kappa shape index (κ2) is 21.1. The van der Waals surface area contributed by atoms with E-state index < -0.39 is 76.5 Å². The number of carbonyl (C=O) groups excluding carboxylic acids is 2. The minimum Gasteiger partial charge on any atom is -0.481 e. The highest BCUT2D eigenvalue weighted by Gasteiger charge is 2.29. The van der Waals surface area contributed by atoms with Gasteiger partial charge in [0, 0.05) is 49.4 Å². The zero-order valence-electron chi connectivity index (χ0n) is 31.6. The molecule has 58 heavy (non-hydrogen) atoms. The van der Waals surface area contributed by atoms with E-state index in [1.807, 2.05) is 36.4 Å². The molecule has 1 heterocycles. The van der Waals surface area contributed by atoms with Crippen LogP contribution in [0.15, 0.2) is 109 Å². The average Bonchev–Trinajstić information content (AvgIpc) is 3.19. The number of benzene rings is 4. The molecule has 0 spiro atoms. The fourth-order valence-corrected chi connectivity index (χ4v) is 11.5. The monoisotopic (exact) mass is 828 g/mol. The van der Waals surface area contributed by atoms with Crippen molar-refractivity contribution in [1.29, 1.82) is 0 Å². The number of nitrogens with zero attached hydrogens (tertiary/aromatic N) is 2. The van der Waals surface area contributed by atoms with Crippen molar-refractivity contribution in [2.45, 2.75) is 50.6 Å². The number of amides is 2. The predicted molar refractivity (Wildman–Crippen MR) is 224 cm³/mol. The second-order valence-corrected chi connectivity index (χ2v) is 18.2. The van der Waals surface area contributed by atoms with Crippen LogP contribution < -0.4 is 31.0 Å². The van der Waals surface area contributed by atoms with Crippen LogP contribution >= 0.6 is 15.8 Å². The van der Waals surface area contributed by atoms with Crippen molar-refractivity contribution in [2.24, 2.45) is 0 Å². The number of anilines is 2. The van der Waals surface area contributed by atoms with Gasteiger partial charge in [-0.25, -0.2) is 9.59 Å². The fraction of sp³-hybridized carbons (Fsp3) is 0.286. The average molecular weight is 829 g/mol. The summed E-state index contributed by atoms with van der Waals surface area (Å²) in [4.78, 5) is 74.7. The van der Waals surface area contributed by atoms with Crippen LogP contribution in [0.1, 0.15) is 36.8 Å². The summed E-state index contributed by atoms with van der Waals surface area (Å²) in [5.41, 5.74) is 3.88. The van der Waals surface area contributed by atoms with Gasteiger partial charge in [0.15, 0.2) is 0 Å². The van der Waals surface area contributed by atoms with E-state index in [4.69, 9.17) is 10.2 Å². The minimum absolute atomic E-state index is 0.0129. The van der Waals surface area contributed by atoms with Gasteiger partial charge in [0.2, 0.25) is 11.8 Å². The molecule has 2 amide bonds. The fourth-order valence-electron chi connectivity index (χ4n) is 6.48. The Morgan fingerprint density at radius 2 is 0.828 bits per heavy atom.